The largest absolute Gasteiger partial charge is 0.335 e. The van der Waals surface area contributed by atoms with Gasteiger partial charge >= 0.3 is 0 Å². The van der Waals surface area contributed by atoms with Crippen molar-refractivity contribution in [1.82, 2.24) is 14.9 Å². The van der Waals surface area contributed by atoms with Gasteiger partial charge in [-0.05, 0) is 38.4 Å². The van der Waals surface area contributed by atoms with Crippen LogP contribution in [0.25, 0.3) is 0 Å². The fourth-order valence-corrected chi connectivity index (χ4v) is 3.39. The van der Waals surface area contributed by atoms with Crippen LogP contribution in [-0.4, -0.2) is 16.1 Å². The van der Waals surface area contributed by atoms with Crippen molar-refractivity contribution in [2.45, 2.75) is 52.6 Å². The summed E-state index contributed by atoms with van der Waals surface area (Å²) < 4.78 is 2.23. The van der Waals surface area contributed by atoms with Gasteiger partial charge in [0.15, 0.2) is 0 Å². The average Bonchev–Trinajstić information content (AvgIpc) is 3.11. The summed E-state index contributed by atoms with van der Waals surface area (Å²) in [4.78, 5) is 7.41. The molecule has 0 aliphatic rings. The fraction of sp³-hybridized carbons (Fsp3) is 0.562. The van der Waals surface area contributed by atoms with Crippen LogP contribution >= 0.6 is 11.3 Å². The van der Waals surface area contributed by atoms with E-state index in [2.05, 4.69) is 54.0 Å². The lowest BCUT2D eigenvalue weighted by Gasteiger charge is -2.17. The molecule has 2 aromatic heterocycles. The molecule has 1 N–H and O–H groups in total. The minimum absolute atomic E-state index is 0.382. The van der Waals surface area contributed by atoms with Crippen molar-refractivity contribution >= 4 is 11.3 Å². The number of hydrogen-bond donors (Lipinski definition) is 1. The number of rotatable bonds is 8. The second kappa shape index (κ2) is 7.60. The summed E-state index contributed by atoms with van der Waals surface area (Å²) in [7, 11) is 0. The van der Waals surface area contributed by atoms with Crippen LogP contribution in [0.1, 0.15) is 48.8 Å². The predicted octanol–water partition coefficient (Wildman–Crippen LogP) is 3.81. The van der Waals surface area contributed by atoms with Crippen LogP contribution in [0.2, 0.25) is 0 Å². The third-order valence-corrected chi connectivity index (χ3v) is 4.89. The SMILES string of the molecule is CCCNC(Cc1nccn1CC)c1ccc(CC)s1. The van der Waals surface area contributed by atoms with Crippen LogP contribution in [0, 0.1) is 0 Å². The number of nitrogens with one attached hydrogen (secondary N) is 1. The first kappa shape index (κ1) is 15.3. The van der Waals surface area contributed by atoms with Crippen molar-refractivity contribution in [3.05, 3.63) is 40.1 Å². The first-order chi connectivity index (χ1) is 9.78. The molecule has 1 atom stereocenters. The Labute approximate surface area is 126 Å². The Balaban J connectivity index is 2.14. The van der Waals surface area contributed by atoms with Gasteiger partial charge in [-0.3, -0.25) is 0 Å². The lowest BCUT2D eigenvalue weighted by atomic mass is 10.1. The molecule has 4 heteroatoms. The molecule has 0 aromatic carbocycles. The Hall–Kier alpha value is -1.13. The molecule has 0 spiro atoms. The third-order valence-electron chi connectivity index (χ3n) is 3.54. The van der Waals surface area contributed by atoms with E-state index in [-0.39, 0.29) is 0 Å². The zero-order valence-electron chi connectivity index (χ0n) is 12.7. The molecule has 2 heterocycles. The van der Waals surface area contributed by atoms with Crippen LogP contribution in [-0.2, 0) is 19.4 Å². The Morgan fingerprint density at radius 3 is 2.80 bits per heavy atom. The highest BCUT2D eigenvalue weighted by molar-refractivity contribution is 7.12. The van der Waals surface area contributed by atoms with Crippen molar-refractivity contribution in [2.24, 2.45) is 0 Å². The normalized spacial score (nSPS) is 12.8. The van der Waals surface area contributed by atoms with E-state index in [0.29, 0.717) is 6.04 Å². The van der Waals surface area contributed by atoms with Gasteiger partial charge in [0.1, 0.15) is 5.82 Å². The molecule has 2 rings (SSSR count). The van der Waals surface area contributed by atoms with E-state index in [1.54, 1.807) is 0 Å². The molecule has 20 heavy (non-hydrogen) atoms. The van der Waals surface area contributed by atoms with E-state index >= 15 is 0 Å². The molecule has 3 nitrogen and oxygen atoms in total. The standard InChI is InChI=1S/C16H25N3S/c1-4-9-17-14(15-8-7-13(5-2)20-15)12-16-18-10-11-19(16)6-3/h7-8,10-11,14,17H,4-6,9,12H2,1-3H3. The fourth-order valence-electron chi connectivity index (χ4n) is 2.36. The van der Waals surface area contributed by atoms with Crippen LogP contribution in [0.4, 0.5) is 0 Å². The molecule has 0 fully saturated rings. The highest BCUT2D eigenvalue weighted by Crippen LogP contribution is 2.26. The summed E-state index contributed by atoms with van der Waals surface area (Å²) in [5.74, 6) is 1.17. The summed E-state index contributed by atoms with van der Waals surface area (Å²) in [5, 5.41) is 3.67. The molecule has 0 aliphatic carbocycles. The average molecular weight is 291 g/mol. The van der Waals surface area contributed by atoms with E-state index < -0.39 is 0 Å². The van der Waals surface area contributed by atoms with Gasteiger partial charge in [0.25, 0.3) is 0 Å². The van der Waals surface area contributed by atoms with Crippen LogP contribution in [0.15, 0.2) is 24.5 Å². The quantitative estimate of drug-likeness (QED) is 0.801. The van der Waals surface area contributed by atoms with Crippen molar-refractivity contribution in [3.63, 3.8) is 0 Å². The number of imidazole rings is 1. The number of aromatic nitrogens is 2. The van der Waals surface area contributed by atoms with E-state index in [1.165, 1.54) is 15.6 Å². The van der Waals surface area contributed by atoms with Gasteiger partial charge < -0.3 is 9.88 Å². The lowest BCUT2D eigenvalue weighted by Crippen LogP contribution is -2.24. The summed E-state index contributed by atoms with van der Waals surface area (Å²) >= 11 is 1.93. The van der Waals surface area contributed by atoms with Gasteiger partial charge in [-0.25, -0.2) is 4.98 Å². The van der Waals surface area contributed by atoms with Crippen LogP contribution < -0.4 is 5.32 Å². The third kappa shape index (κ3) is 3.70. The number of hydrogen-bond acceptors (Lipinski definition) is 3. The highest BCUT2D eigenvalue weighted by atomic mass is 32.1. The topological polar surface area (TPSA) is 29.9 Å². The van der Waals surface area contributed by atoms with Gasteiger partial charge in [0, 0.05) is 41.2 Å². The molecule has 1 unspecified atom stereocenters. The maximum absolute atomic E-state index is 4.51. The molecule has 0 bridgehead atoms. The molecule has 110 valence electrons. The van der Waals surface area contributed by atoms with Gasteiger partial charge in [0.05, 0.1) is 0 Å². The predicted molar refractivity (Wildman–Crippen MR) is 86.3 cm³/mol. The van der Waals surface area contributed by atoms with Crippen molar-refractivity contribution in [3.8, 4) is 0 Å². The molecule has 2 aromatic rings. The number of thiophene rings is 1. The van der Waals surface area contributed by atoms with Crippen LogP contribution in [0.5, 0.6) is 0 Å². The Bertz CT molecular complexity index is 515. The monoisotopic (exact) mass is 291 g/mol. The Morgan fingerprint density at radius 1 is 1.30 bits per heavy atom. The molecule has 0 aliphatic heterocycles. The number of aryl methyl sites for hydroxylation is 2. The summed E-state index contributed by atoms with van der Waals surface area (Å²) in [6, 6.07) is 4.91. The van der Waals surface area contributed by atoms with E-state index in [1.807, 2.05) is 17.5 Å². The van der Waals surface area contributed by atoms with Gasteiger partial charge in [-0.2, -0.15) is 0 Å². The lowest BCUT2D eigenvalue weighted by molar-refractivity contribution is 0.513. The first-order valence-electron chi connectivity index (χ1n) is 7.60. The molecule has 0 saturated carbocycles. The second-order valence-electron chi connectivity index (χ2n) is 5.00. The van der Waals surface area contributed by atoms with E-state index in [4.69, 9.17) is 0 Å². The summed E-state index contributed by atoms with van der Waals surface area (Å²) in [5.41, 5.74) is 0. The van der Waals surface area contributed by atoms with E-state index in [0.717, 1.165) is 32.4 Å². The van der Waals surface area contributed by atoms with Gasteiger partial charge in [0.2, 0.25) is 0 Å². The molecular formula is C16H25N3S. The summed E-state index contributed by atoms with van der Waals surface area (Å²) in [6.45, 7) is 8.63. The van der Waals surface area contributed by atoms with E-state index in [9.17, 15) is 0 Å². The molecule has 0 radical (unpaired) electrons. The maximum atomic E-state index is 4.51. The molecular weight excluding hydrogens is 266 g/mol. The van der Waals surface area contributed by atoms with Crippen molar-refractivity contribution < 1.29 is 0 Å². The van der Waals surface area contributed by atoms with Crippen LogP contribution in [0.3, 0.4) is 0 Å². The van der Waals surface area contributed by atoms with Gasteiger partial charge in [-0.1, -0.05) is 13.8 Å². The zero-order chi connectivity index (χ0) is 14.4. The minimum Gasteiger partial charge on any atom is -0.335 e. The minimum atomic E-state index is 0.382. The smallest absolute Gasteiger partial charge is 0.110 e. The summed E-state index contributed by atoms with van der Waals surface area (Å²) in [6.07, 6.45) is 7.21. The van der Waals surface area contributed by atoms with Gasteiger partial charge in [-0.15, -0.1) is 11.3 Å². The molecule has 0 amide bonds. The number of nitrogens with zero attached hydrogens (tertiary/aromatic N) is 2. The Morgan fingerprint density at radius 2 is 2.15 bits per heavy atom. The van der Waals surface area contributed by atoms with Crippen molar-refractivity contribution in [2.75, 3.05) is 6.54 Å². The van der Waals surface area contributed by atoms with Crippen molar-refractivity contribution in [1.29, 1.82) is 0 Å². The maximum Gasteiger partial charge on any atom is 0.110 e. The Kier molecular flexibility index (Phi) is 5.80. The first-order valence-corrected chi connectivity index (χ1v) is 8.42. The highest BCUT2D eigenvalue weighted by Gasteiger charge is 2.16. The molecule has 0 saturated heterocycles. The second-order valence-corrected chi connectivity index (χ2v) is 6.20. The zero-order valence-corrected chi connectivity index (χ0v) is 13.5.